The largest absolute Gasteiger partial charge is 1.00 e. The SMILES string of the molecule is CCCCCCCCCCCCCCCCCOP(=O)([O-])[O-].[Na+].[Na+]. The summed E-state index contributed by atoms with van der Waals surface area (Å²) in [7, 11) is -4.75. The molecule has 0 aliphatic carbocycles. The maximum Gasteiger partial charge on any atom is 1.00 e. The normalized spacial score (nSPS) is 11.0. The zero-order chi connectivity index (χ0) is 16.5. The van der Waals surface area contributed by atoms with Gasteiger partial charge in [-0.3, -0.25) is 0 Å². The van der Waals surface area contributed by atoms with Crippen LogP contribution in [0.3, 0.4) is 0 Å². The van der Waals surface area contributed by atoms with Gasteiger partial charge in [-0.15, -0.1) is 0 Å². The second-order valence-electron chi connectivity index (χ2n) is 6.23. The fourth-order valence-electron chi connectivity index (χ4n) is 2.65. The van der Waals surface area contributed by atoms with E-state index in [9.17, 15) is 14.4 Å². The second kappa shape index (κ2) is 23.1. The van der Waals surface area contributed by atoms with Crippen molar-refractivity contribution in [3.63, 3.8) is 0 Å². The molecule has 0 aromatic heterocycles. The van der Waals surface area contributed by atoms with Gasteiger partial charge in [-0.05, 0) is 6.42 Å². The van der Waals surface area contributed by atoms with E-state index in [-0.39, 0.29) is 65.7 Å². The summed E-state index contributed by atoms with van der Waals surface area (Å²) in [6, 6.07) is 0. The van der Waals surface area contributed by atoms with Crippen LogP contribution in [0.1, 0.15) is 103 Å². The standard InChI is InChI=1S/C17H37O4P.2Na/c1-2-3-4-5-6-7-8-9-10-11-12-13-14-15-16-17-21-22(18,19)20;;/h2-17H2,1H3,(H2,18,19,20);;/q;2*+1/p-2. The predicted octanol–water partition coefficient (Wildman–Crippen LogP) is -1.29. The van der Waals surface area contributed by atoms with E-state index in [4.69, 9.17) is 0 Å². The molecule has 0 bridgehead atoms. The molecule has 24 heavy (non-hydrogen) atoms. The smallest absolute Gasteiger partial charge is 0.790 e. The van der Waals surface area contributed by atoms with Crippen molar-refractivity contribution in [1.29, 1.82) is 0 Å². The van der Waals surface area contributed by atoms with Gasteiger partial charge in [0.1, 0.15) is 0 Å². The van der Waals surface area contributed by atoms with Gasteiger partial charge in [0.2, 0.25) is 0 Å². The van der Waals surface area contributed by atoms with Crippen molar-refractivity contribution in [2.45, 2.75) is 103 Å². The van der Waals surface area contributed by atoms with Crippen LogP contribution in [0.15, 0.2) is 0 Å². The first-order valence-electron chi connectivity index (χ1n) is 9.23. The molecule has 0 atom stereocenters. The van der Waals surface area contributed by atoms with E-state index in [0.717, 1.165) is 12.8 Å². The average Bonchev–Trinajstić information content (AvgIpc) is 2.45. The van der Waals surface area contributed by atoms with Crippen LogP contribution in [-0.2, 0) is 9.09 Å². The summed E-state index contributed by atoms with van der Waals surface area (Å²) >= 11 is 0. The molecule has 0 aliphatic rings. The Balaban J connectivity index is -0.00000220. The second-order valence-corrected chi connectivity index (χ2v) is 7.38. The number of unbranched alkanes of at least 4 members (excludes halogenated alkanes) is 14. The number of phosphoric ester groups is 1. The van der Waals surface area contributed by atoms with Gasteiger partial charge in [-0.2, -0.15) is 0 Å². The first kappa shape index (κ1) is 30.8. The Kier molecular flexibility index (Phi) is 29.7. The van der Waals surface area contributed by atoms with Crippen LogP contribution >= 0.6 is 7.82 Å². The van der Waals surface area contributed by atoms with Crippen LogP contribution in [0.25, 0.3) is 0 Å². The van der Waals surface area contributed by atoms with Crippen molar-refractivity contribution in [3.8, 4) is 0 Å². The molecule has 0 N–H and O–H groups in total. The Morgan fingerprint density at radius 1 is 0.625 bits per heavy atom. The summed E-state index contributed by atoms with van der Waals surface area (Å²) in [6.07, 6.45) is 18.9. The molecule has 0 saturated carbocycles. The van der Waals surface area contributed by atoms with Gasteiger partial charge in [-0.1, -0.05) is 96.8 Å². The Hall–Kier alpha value is 2.11. The Labute approximate surface area is 194 Å². The Bertz CT molecular complexity index is 275. The molecule has 0 heterocycles. The Morgan fingerprint density at radius 3 is 1.21 bits per heavy atom. The minimum atomic E-state index is -4.75. The number of phosphoric acid groups is 1. The Morgan fingerprint density at radius 2 is 0.917 bits per heavy atom. The third kappa shape index (κ3) is 28.9. The van der Waals surface area contributed by atoms with E-state index >= 15 is 0 Å². The summed E-state index contributed by atoms with van der Waals surface area (Å²) in [4.78, 5) is 20.5. The van der Waals surface area contributed by atoms with Gasteiger partial charge in [-0.25, -0.2) is 0 Å². The molecule has 4 nitrogen and oxygen atoms in total. The third-order valence-electron chi connectivity index (χ3n) is 4.00. The van der Waals surface area contributed by atoms with Crippen LogP contribution in [0, 0.1) is 0 Å². The van der Waals surface area contributed by atoms with Gasteiger partial charge in [0.15, 0.2) is 0 Å². The summed E-state index contributed by atoms with van der Waals surface area (Å²) in [6.45, 7) is 2.30. The maximum atomic E-state index is 10.2. The van der Waals surface area contributed by atoms with Crippen LogP contribution < -0.4 is 68.9 Å². The van der Waals surface area contributed by atoms with Crippen molar-refractivity contribution in [1.82, 2.24) is 0 Å². The van der Waals surface area contributed by atoms with Crippen molar-refractivity contribution in [2.24, 2.45) is 0 Å². The van der Waals surface area contributed by atoms with Gasteiger partial charge in [0.05, 0.1) is 14.4 Å². The topological polar surface area (TPSA) is 72.4 Å². The van der Waals surface area contributed by atoms with Crippen LogP contribution in [0.2, 0.25) is 0 Å². The van der Waals surface area contributed by atoms with Crippen LogP contribution in [0.5, 0.6) is 0 Å². The van der Waals surface area contributed by atoms with Gasteiger partial charge >= 0.3 is 59.1 Å². The summed E-state index contributed by atoms with van der Waals surface area (Å²) in [5, 5.41) is 0. The third-order valence-corrected chi connectivity index (χ3v) is 4.50. The van der Waals surface area contributed by atoms with Crippen LogP contribution in [0.4, 0.5) is 0 Å². The van der Waals surface area contributed by atoms with E-state index in [1.165, 1.54) is 77.0 Å². The molecule has 0 unspecified atom stereocenters. The quantitative estimate of drug-likeness (QED) is 0.179. The van der Waals surface area contributed by atoms with E-state index in [0.29, 0.717) is 6.42 Å². The van der Waals surface area contributed by atoms with Gasteiger partial charge in [0.25, 0.3) is 0 Å². The van der Waals surface area contributed by atoms with Crippen molar-refractivity contribution in [3.05, 3.63) is 0 Å². The number of rotatable bonds is 17. The first-order valence-corrected chi connectivity index (χ1v) is 10.7. The fraction of sp³-hybridized carbons (Fsp3) is 1.00. The summed E-state index contributed by atoms with van der Waals surface area (Å²) < 4.78 is 14.4. The number of hydrogen-bond donors (Lipinski definition) is 0. The molecule has 0 spiro atoms. The van der Waals surface area contributed by atoms with Crippen molar-refractivity contribution >= 4 is 7.82 Å². The van der Waals surface area contributed by atoms with Crippen molar-refractivity contribution in [2.75, 3.05) is 6.61 Å². The fourth-order valence-corrected chi connectivity index (χ4v) is 3.00. The van der Waals surface area contributed by atoms with E-state index in [1.54, 1.807) is 0 Å². The molecule has 0 aliphatic heterocycles. The maximum absolute atomic E-state index is 10.2. The molecular formula is C17H35Na2O4P. The summed E-state index contributed by atoms with van der Waals surface area (Å²) in [5.41, 5.74) is 0. The predicted molar refractivity (Wildman–Crippen MR) is 88.5 cm³/mol. The van der Waals surface area contributed by atoms with E-state index in [2.05, 4.69) is 11.4 Å². The summed E-state index contributed by atoms with van der Waals surface area (Å²) in [5.74, 6) is 0. The molecule has 0 saturated heterocycles. The molecule has 0 amide bonds. The molecule has 134 valence electrons. The molecular weight excluding hydrogens is 345 g/mol. The van der Waals surface area contributed by atoms with Gasteiger partial charge in [0, 0.05) is 0 Å². The minimum absolute atomic E-state index is 0. The van der Waals surface area contributed by atoms with Crippen LogP contribution in [-0.4, -0.2) is 6.61 Å². The first-order chi connectivity index (χ1) is 10.6. The minimum Gasteiger partial charge on any atom is -0.790 e. The monoisotopic (exact) mass is 380 g/mol. The van der Waals surface area contributed by atoms with Crippen molar-refractivity contribution < 1.29 is 78.0 Å². The molecule has 0 aromatic rings. The molecule has 0 fully saturated rings. The van der Waals surface area contributed by atoms with Gasteiger partial charge < -0.3 is 18.9 Å². The molecule has 0 rings (SSSR count). The molecule has 0 aromatic carbocycles. The average molecular weight is 380 g/mol. The number of hydrogen-bond acceptors (Lipinski definition) is 4. The zero-order valence-corrected chi connectivity index (χ0v) is 21.3. The molecule has 0 radical (unpaired) electrons. The molecule has 7 heteroatoms. The van der Waals surface area contributed by atoms with E-state index in [1.807, 2.05) is 0 Å². The zero-order valence-electron chi connectivity index (χ0n) is 16.4. The van der Waals surface area contributed by atoms with E-state index < -0.39 is 7.82 Å².